The molecule has 0 atom stereocenters. The monoisotopic (exact) mass is 351 g/mol. The Bertz CT molecular complexity index is 978. The maximum atomic E-state index is 12.7. The second-order valence-electron chi connectivity index (χ2n) is 6.21. The molecule has 1 N–H and O–H groups in total. The maximum Gasteiger partial charge on any atom is 0.255 e. The number of hydrogen-bond acceptors (Lipinski definition) is 4. The number of carbonyl (C=O) groups excluding carboxylic acids is 1. The van der Waals surface area contributed by atoms with Crippen molar-refractivity contribution in [3.63, 3.8) is 0 Å². The van der Waals surface area contributed by atoms with E-state index in [0.717, 1.165) is 35.5 Å². The van der Waals surface area contributed by atoms with Gasteiger partial charge in [0.1, 0.15) is 22.8 Å². The van der Waals surface area contributed by atoms with Gasteiger partial charge in [-0.05, 0) is 31.0 Å². The van der Waals surface area contributed by atoms with E-state index < -0.39 is 0 Å². The third-order valence-electron chi connectivity index (χ3n) is 4.47. The zero-order chi connectivity index (χ0) is 18.1. The molecule has 6 nitrogen and oxygen atoms in total. The summed E-state index contributed by atoms with van der Waals surface area (Å²) in [5, 5.41) is 2.95. The number of aryl methyl sites for hydroxylation is 1. The highest BCUT2D eigenvalue weighted by Gasteiger charge is 2.17. The van der Waals surface area contributed by atoms with Crippen molar-refractivity contribution >= 4 is 17.2 Å². The number of fused-ring (bicyclic) bond motifs is 2. The summed E-state index contributed by atoms with van der Waals surface area (Å²) in [6, 6.07) is 7.43. The first-order valence-electron chi connectivity index (χ1n) is 8.89. The number of nitrogens with zero attached hydrogens (tertiary/aromatic N) is 2. The standard InChI is InChI=1S/C20H21N3O3/c1-3-15-11-23-12-16(18(25-4-2)10-19(23)21-15)22-20(24)14-6-5-13-7-8-26-17(13)9-14/h5-6,9-12H,3-4,7-8H2,1-2H3,(H,22,24). The number of amides is 1. The van der Waals surface area contributed by atoms with Gasteiger partial charge >= 0.3 is 0 Å². The van der Waals surface area contributed by atoms with E-state index in [-0.39, 0.29) is 5.91 Å². The Labute approximate surface area is 151 Å². The van der Waals surface area contributed by atoms with Crippen molar-refractivity contribution in [2.75, 3.05) is 18.5 Å². The Hall–Kier alpha value is -3.02. The fourth-order valence-electron chi connectivity index (χ4n) is 3.11. The largest absolute Gasteiger partial charge is 0.493 e. The summed E-state index contributed by atoms with van der Waals surface area (Å²) in [6.07, 6.45) is 5.55. The summed E-state index contributed by atoms with van der Waals surface area (Å²) in [5.41, 5.74) is 4.11. The van der Waals surface area contributed by atoms with E-state index in [1.54, 1.807) is 6.07 Å². The van der Waals surface area contributed by atoms with Gasteiger partial charge < -0.3 is 19.2 Å². The molecule has 26 heavy (non-hydrogen) atoms. The van der Waals surface area contributed by atoms with Crippen molar-refractivity contribution in [1.29, 1.82) is 0 Å². The lowest BCUT2D eigenvalue weighted by Gasteiger charge is -2.12. The van der Waals surface area contributed by atoms with Gasteiger partial charge in [0, 0.05) is 30.4 Å². The summed E-state index contributed by atoms with van der Waals surface area (Å²) in [5.74, 6) is 1.21. The first kappa shape index (κ1) is 16.4. The predicted molar refractivity (Wildman–Crippen MR) is 99.3 cm³/mol. The van der Waals surface area contributed by atoms with Gasteiger partial charge in [-0.1, -0.05) is 13.0 Å². The van der Waals surface area contributed by atoms with Crippen molar-refractivity contribution < 1.29 is 14.3 Å². The minimum Gasteiger partial charge on any atom is -0.493 e. The molecule has 3 aromatic rings. The molecule has 0 bridgehead atoms. The number of imidazole rings is 1. The van der Waals surface area contributed by atoms with Crippen molar-refractivity contribution in [2.45, 2.75) is 26.7 Å². The van der Waals surface area contributed by atoms with Crippen LogP contribution in [0.4, 0.5) is 5.69 Å². The van der Waals surface area contributed by atoms with Crippen LogP contribution in [0.3, 0.4) is 0 Å². The van der Waals surface area contributed by atoms with Crippen molar-refractivity contribution in [1.82, 2.24) is 9.38 Å². The molecular weight excluding hydrogens is 330 g/mol. The van der Waals surface area contributed by atoms with Crippen LogP contribution in [-0.4, -0.2) is 28.5 Å². The van der Waals surface area contributed by atoms with Gasteiger partial charge in [-0.25, -0.2) is 4.98 Å². The maximum absolute atomic E-state index is 12.7. The Morgan fingerprint density at radius 1 is 1.31 bits per heavy atom. The smallest absolute Gasteiger partial charge is 0.255 e. The molecule has 134 valence electrons. The van der Waals surface area contributed by atoms with Gasteiger partial charge in [0.25, 0.3) is 5.91 Å². The molecule has 1 amide bonds. The predicted octanol–water partition coefficient (Wildman–Crippen LogP) is 3.48. The second kappa shape index (κ2) is 6.71. The molecule has 1 aliphatic heterocycles. The number of carbonyl (C=O) groups is 1. The molecule has 6 heteroatoms. The highest BCUT2D eigenvalue weighted by molar-refractivity contribution is 6.05. The van der Waals surface area contributed by atoms with Crippen LogP contribution in [0.25, 0.3) is 5.65 Å². The minimum absolute atomic E-state index is 0.195. The normalized spacial score (nSPS) is 12.7. The van der Waals surface area contributed by atoms with Gasteiger partial charge in [-0.3, -0.25) is 4.79 Å². The molecule has 0 radical (unpaired) electrons. The third kappa shape index (κ3) is 2.98. The van der Waals surface area contributed by atoms with E-state index in [2.05, 4.69) is 17.2 Å². The number of pyridine rings is 1. The average molecular weight is 351 g/mol. The highest BCUT2D eigenvalue weighted by atomic mass is 16.5. The molecule has 0 unspecified atom stereocenters. The van der Waals surface area contributed by atoms with Gasteiger partial charge in [-0.15, -0.1) is 0 Å². The number of anilines is 1. The van der Waals surface area contributed by atoms with Gasteiger partial charge in [0.2, 0.25) is 0 Å². The van der Waals surface area contributed by atoms with Crippen LogP contribution in [0.15, 0.2) is 36.7 Å². The van der Waals surface area contributed by atoms with E-state index in [1.165, 1.54) is 0 Å². The number of nitrogens with one attached hydrogen (secondary N) is 1. The van der Waals surface area contributed by atoms with Crippen molar-refractivity contribution in [3.05, 3.63) is 53.5 Å². The molecule has 0 fully saturated rings. The summed E-state index contributed by atoms with van der Waals surface area (Å²) in [6.45, 7) is 5.15. The van der Waals surface area contributed by atoms with E-state index in [4.69, 9.17) is 9.47 Å². The molecule has 1 aromatic carbocycles. The lowest BCUT2D eigenvalue weighted by atomic mass is 10.1. The van der Waals surface area contributed by atoms with Crippen LogP contribution in [0.2, 0.25) is 0 Å². The summed E-state index contributed by atoms with van der Waals surface area (Å²) in [7, 11) is 0. The quantitative estimate of drug-likeness (QED) is 0.764. The molecule has 0 saturated heterocycles. The molecule has 0 aliphatic carbocycles. The first-order valence-corrected chi connectivity index (χ1v) is 8.89. The summed E-state index contributed by atoms with van der Waals surface area (Å²) in [4.78, 5) is 17.3. The number of benzene rings is 1. The number of hydrogen-bond donors (Lipinski definition) is 1. The molecule has 0 saturated carbocycles. The third-order valence-corrected chi connectivity index (χ3v) is 4.47. The zero-order valence-corrected chi connectivity index (χ0v) is 14.9. The Morgan fingerprint density at radius 2 is 2.19 bits per heavy atom. The second-order valence-corrected chi connectivity index (χ2v) is 6.21. The van der Waals surface area contributed by atoms with Crippen LogP contribution in [0, 0.1) is 0 Å². The van der Waals surface area contributed by atoms with Crippen LogP contribution < -0.4 is 14.8 Å². The number of aromatic nitrogens is 2. The van der Waals surface area contributed by atoms with Gasteiger partial charge in [0.05, 0.1) is 18.9 Å². The SMILES string of the molecule is CCOc1cc2nc(CC)cn2cc1NC(=O)c1ccc2c(c1)OCC2. The molecule has 3 heterocycles. The molecule has 2 aromatic heterocycles. The van der Waals surface area contributed by atoms with E-state index in [1.807, 2.05) is 41.9 Å². The lowest BCUT2D eigenvalue weighted by molar-refractivity contribution is 0.102. The van der Waals surface area contributed by atoms with Crippen LogP contribution in [0.5, 0.6) is 11.5 Å². The fraction of sp³-hybridized carbons (Fsp3) is 0.300. The zero-order valence-electron chi connectivity index (χ0n) is 14.9. The van der Waals surface area contributed by atoms with Crippen molar-refractivity contribution in [3.8, 4) is 11.5 Å². The topological polar surface area (TPSA) is 64.9 Å². The molecule has 1 aliphatic rings. The lowest BCUT2D eigenvalue weighted by Crippen LogP contribution is -2.13. The molecule has 0 spiro atoms. The van der Waals surface area contributed by atoms with Crippen LogP contribution in [0.1, 0.15) is 35.5 Å². The van der Waals surface area contributed by atoms with E-state index in [0.29, 0.717) is 30.2 Å². The molecule has 4 rings (SSSR count). The Kier molecular flexibility index (Phi) is 4.24. The number of ether oxygens (including phenoxy) is 2. The van der Waals surface area contributed by atoms with Crippen molar-refractivity contribution in [2.24, 2.45) is 0 Å². The summed E-state index contributed by atoms with van der Waals surface area (Å²) >= 11 is 0. The van der Waals surface area contributed by atoms with E-state index >= 15 is 0 Å². The highest BCUT2D eigenvalue weighted by Crippen LogP contribution is 2.29. The Balaban J connectivity index is 1.66. The average Bonchev–Trinajstić information content (AvgIpc) is 3.27. The minimum atomic E-state index is -0.195. The first-order chi connectivity index (χ1) is 12.7. The fourth-order valence-corrected chi connectivity index (χ4v) is 3.11. The number of rotatable bonds is 5. The molecular formula is C20H21N3O3. The van der Waals surface area contributed by atoms with E-state index in [9.17, 15) is 4.79 Å². The van der Waals surface area contributed by atoms with Crippen LogP contribution >= 0.6 is 0 Å². The van der Waals surface area contributed by atoms with Gasteiger partial charge in [0.15, 0.2) is 0 Å². The Morgan fingerprint density at radius 3 is 3.00 bits per heavy atom. The summed E-state index contributed by atoms with van der Waals surface area (Å²) < 4.78 is 13.2. The van der Waals surface area contributed by atoms with Gasteiger partial charge in [-0.2, -0.15) is 0 Å². The van der Waals surface area contributed by atoms with Crippen LogP contribution in [-0.2, 0) is 12.8 Å².